The lowest BCUT2D eigenvalue weighted by Crippen LogP contribution is -2.34. The Hall–Kier alpha value is -3.10. The molecule has 6 nitrogen and oxygen atoms in total. The highest BCUT2D eigenvalue weighted by Crippen LogP contribution is 2.23. The number of thiazole rings is 1. The Labute approximate surface area is 191 Å². The monoisotopic (exact) mass is 494 g/mol. The molecule has 0 fully saturated rings. The molecule has 8 heteroatoms. The van der Waals surface area contributed by atoms with Crippen LogP contribution in [0.2, 0.25) is 0 Å². The van der Waals surface area contributed by atoms with Gasteiger partial charge in [0.2, 0.25) is 5.91 Å². The van der Waals surface area contributed by atoms with Crippen LogP contribution in [0.3, 0.4) is 0 Å². The Morgan fingerprint density at radius 2 is 1.77 bits per heavy atom. The van der Waals surface area contributed by atoms with E-state index in [1.807, 2.05) is 60.0 Å². The van der Waals surface area contributed by atoms with Crippen LogP contribution in [0.5, 0.6) is 0 Å². The molecule has 0 aliphatic carbocycles. The van der Waals surface area contributed by atoms with E-state index in [9.17, 15) is 9.59 Å². The van der Waals surface area contributed by atoms with Gasteiger partial charge in [-0.3, -0.25) is 9.59 Å². The normalized spacial score (nSPS) is 10.7. The van der Waals surface area contributed by atoms with Gasteiger partial charge in [0.05, 0.1) is 11.4 Å². The summed E-state index contributed by atoms with van der Waals surface area (Å²) in [4.78, 5) is 29.1. The molecular weight excluding hydrogens is 476 g/mol. The van der Waals surface area contributed by atoms with E-state index in [4.69, 9.17) is 0 Å². The maximum Gasteiger partial charge on any atom is 0.267 e. The van der Waals surface area contributed by atoms with Gasteiger partial charge in [-0.05, 0) is 18.2 Å². The van der Waals surface area contributed by atoms with Crippen LogP contribution in [0.4, 0.5) is 0 Å². The van der Waals surface area contributed by atoms with Crippen molar-refractivity contribution in [3.63, 3.8) is 0 Å². The number of amides is 1. The van der Waals surface area contributed by atoms with Crippen LogP contribution in [0.25, 0.3) is 21.8 Å². The van der Waals surface area contributed by atoms with Gasteiger partial charge in [-0.25, -0.2) is 9.67 Å². The van der Waals surface area contributed by atoms with Gasteiger partial charge in [0.15, 0.2) is 0 Å². The van der Waals surface area contributed by atoms with Gasteiger partial charge in [0, 0.05) is 40.0 Å². The van der Waals surface area contributed by atoms with Crippen molar-refractivity contribution in [2.75, 3.05) is 6.54 Å². The van der Waals surface area contributed by atoms with Crippen molar-refractivity contribution >= 4 is 33.2 Å². The Morgan fingerprint density at radius 3 is 2.55 bits per heavy atom. The molecule has 0 bridgehead atoms. The van der Waals surface area contributed by atoms with Crippen LogP contribution >= 0.6 is 27.3 Å². The molecule has 0 saturated heterocycles. The summed E-state index contributed by atoms with van der Waals surface area (Å²) in [5, 5.41) is 10.1. The van der Waals surface area contributed by atoms with Crippen molar-refractivity contribution in [1.82, 2.24) is 20.1 Å². The summed E-state index contributed by atoms with van der Waals surface area (Å²) in [7, 11) is 0. The standard InChI is InChI=1S/C23H19BrN4O2S/c24-18-8-6-16(7-9-18)20-10-11-22(30)28(27-20)14-21(29)25-13-12-19-15-31-23(26-19)17-4-2-1-3-5-17/h1-11,15H,12-14H2,(H,25,29). The number of rotatable bonds is 7. The minimum absolute atomic E-state index is 0.129. The molecule has 0 aliphatic heterocycles. The highest BCUT2D eigenvalue weighted by atomic mass is 79.9. The molecule has 31 heavy (non-hydrogen) atoms. The Kier molecular flexibility index (Phi) is 6.69. The topological polar surface area (TPSA) is 76.9 Å². The van der Waals surface area contributed by atoms with E-state index in [1.54, 1.807) is 17.4 Å². The lowest BCUT2D eigenvalue weighted by molar-refractivity contribution is -0.121. The summed E-state index contributed by atoms with van der Waals surface area (Å²) in [6, 6.07) is 20.7. The largest absolute Gasteiger partial charge is 0.354 e. The fourth-order valence-electron chi connectivity index (χ4n) is 2.99. The van der Waals surface area contributed by atoms with Gasteiger partial charge in [0.25, 0.3) is 5.56 Å². The molecule has 0 spiro atoms. The first-order valence-electron chi connectivity index (χ1n) is 9.69. The Balaban J connectivity index is 1.34. The summed E-state index contributed by atoms with van der Waals surface area (Å²) in [5.74, 6) is -0.263. The maximum atomic E-state index is 12.3. The first kappa shape index (κ1) is 21.1. The zero-order chi connectivity index (χ0) is 21.6. The molecule has 1 N–H and O–H groups in total. The third-order valence-corrected chi connectivity index (χ3v) is 6.04. The fourth-order valence-corrected chi connectivity index (χ4v) is 4.12. The highest BCUT2D eigenvalue weighted by Gasteiger charge is 2.09. The minimum atomic E-state index is -0.317. The van der Waals surface area contributed by atoms with Gasteiger partial charge < -0.3 is 5.32 Å². The highest BCUT2D eigenvalue weighted by molar-refractivity contribution is 9.10. The third kappa shape index (κ3) is 5.53. The van der Waals surface area contributed by atoms with Gasteiger partial charge in [-0.15, -0.1) is 11.3 Å². The van der Waals surface area contributed by atoms with Crippen LogP contribution in [0.15, 0.2) is 81.4 Å². The number of hydrogen-bond acceptors (Lipinski definition) is 5. The second kappa shape index (κ2) is 9.80. The maximum absolute atomic E-state index is 12.3. The molecule has 1 amide bonds. The molecule has 0 radical (unpaired) electrons. The minimum Gasteiger partial charge on any atom is -0.354 e. The van der Waals surface area contributed by atoms with Crippen molar-refractivity contribution < 1.29 is 4.79 Å². The SMILES string of the molecule is O=C(Cn1nc(-c2ccc(Br)cc2)ccc1=O)NCCc1csc(-c2ccccc2)n1. The lowest BCUT2D eigenvalue weighted by Gasteiger charge is -2.08. The lowest BCUT2D eigenvalue weighted by atomic mass is 10.1. The summed E-state index contributed by atoms with van der Waals surface area (Å²) in [5.41, 5.74) is 3.20. The molecule has 4 aromatic rings. The van der Waals surface area contributed by atoms with Gasteiger partial charge >= 0.3 is 0 Å². The molecule has 2 aromatic carbocycles. The quantitative estimate of drug-likeness (QED) is 0.418. The van der Waals surface area contributed by atoms with Crippen molar-refractivity contribution in [2.45, 2.75) is 13.0 Å². The third-order valence-electron chi connectivity index (χ3n) is 4.58. The second-order valence-corrected chi connectivity index (χ2v) is 8.61. The second-order valence-electron chi connectivity index (χ2n) is 6.83. The summed E-state index contributed by atoms with van der Waals surface area (Å²) < 4.78 is 2.14. The predicted molar refractivity (Wildman–Crippen MR) is 126 cm³/mol. The molecule has 2 aromatic heterocycles. The molecule has 2 heterocycles. The predicted octanol–water partition coefficient (Wildman–Crippen LogP) is 4.16. The van der Waals surface area contributed by atoms with E-state index < -0.39 is 0 Å². The van der Waals surface area contributed by atoms with Crippen molar-refractivity contribution in [2.24, 2.45) is 0 Å². The molecule has 0 unspecified atom stereocenters. The fraction of sp³-hybridized carbons (Fsp3) is 0.130. The molecule has 0 saturated carbocycles. The summed E-state index contributed by atoms with van der Waals surface area (Å²) in [6.45, 7) is 0.313. The number of carbonyl (C=O) groups is 1. The Morgan fingerprint density at radius 1 is 1.00 bits per heavy atom. The number of benzene rings is 2. The summed E-state index contributed by atoms with van der Waals surface area (Å²) in [6.07, 6.45) is 0.621. The molecule has 4 rings (SSSR count). The van der Waals surface area contributed by atoms with E-state index in [1.165, 1.54) is 10.7 Å². The van der Waals surface area contributed by atoms with Crippen LogP contribution in [-0.2, 0) is 17.8 Å². The van der Waals surface area contributed by atoms with E-state index in [0.29, 0.717) is 18.7 Å². The van der Waals surface area contributed by atoms with Gasteiger partial charge in [0.1, 0.15) is 11.6 Å². The molecule has 0 aliphatic rings. The molecular formula is C23H19BrN4O2S. The smallest absolute Gasteiger partial charge is 0.267 e. The van der Waals surface area contributed by atoms with Crippen molar-refractivity contribution in [3.8, 4) is 21.8 Å². The van der Waals surface area contributed by atoms with E-state index in [-0.39, 0.29) is 18.0 Å². The zero-order valence-corrected chi connectivity index (χ0v) is 18.9. The number of halogens is 1. The Bertz CT molecular complexity index is 1240. The molecule has 156 valence electrons. The number of hydrogen-bond donors (Lipinski definition) is 1. The van der Waals surface area contributed by atoms with Crippen LogP contribution < -0.4 is 10.9 Å². The number of nitrogens with one attached hydrogen (secondary N) is 1. The van der Waals surface area contributed by atoms with Crippen molar-refractivity contribution in [1.29, 1.82) is 0 Å². The average Bonchev–Trinajstić information content (AvgIpc) is 3.25. The van der Waals surface area contributed by atoms with Gasteiger partial charge in [-0.2, -0.15) is 5.10 Å². The zero-order valence-electron chi connectivity index (χ0n) is 16.5. The van der Waals surface area contributed by atoms with Gasteiger partial charge in [-0.1, -0.05) is 58.4 Å². The van der Waals surface area contributed by atoms with Crippen LogP contribution in [0.1, 0.15) is 5.69 Å². The van der Waals surface area contributed by atoms with E-state index in [2.05, 4.69) is 31.3 Å². The first-order chi connectivity index (χ1) is 15.1. The molecule has 0 atom stereocenters. The number of carbonyl (C=O) groups excluding carboxylic acids is 1. The van der Waals surface area contributed by atoms with Crippen molar-refractivity contribution in [3.05, 3.63) is 92.6 Å². The first-order valence-corrected chi connectivity index (χ1v) is 11.4. The van der Waals surface area contributed by atoms with Crippen LogP contribution in [-0.4, -0.2) is 27.2 Å². The number of aromatic nitrogens is 3. The van der Waals surface area contributed by atoms with Crippen LogP contribution in [0, 0.1) is 0 Å². The average molecular weight is 495 g/mol. The van der Waals surface area contributed by atoms with E-state index >= 15 is 0 Å². The number of nitrogens with zero attached hydrogens (tertiary/aromatic N) is 3. The summed E-state index contributed by atoms with van der Waals surface area (Å²) >= 11 is 4.98. The van der Waals surface area contributed by atoms with E-state index in [0.717, 1.165) is 26.3 Å².